The van der Waals surface area contributed by atoms with E-state index in [2.05, 4.69) is 4.98 Å². The number of aromatic nitrogens is 1. The lowest BCUT2D eigenvalue weighted by molar-refractivity contribution is -0.192. The Balaban J connectivity index is 0.000000451. The molecule has 1 spiro atoms. The van der Waals surface area contributed by atoms with E-state index in [0.29, 0.717) is 39.1 Å². The van der Waals surface area contributed by atoms with Gasteiger partial charge in [0.1, 0.15) is 4.75 Å². The van der Waals surface area contributed by atoms with Gasteiger partial charge in [0.05, 0.1) is 24.7 Å². The zero-order valence-electron chi connectivity index (χ0n) is 17.7. The SMILES string of the molecule is CCCCC(=O)N1CC2(C1)C(COCc1ccccn1)CCS2(=O)=O.O=C(O)C(F)(F)F. The number of alkyl halides is 3. The summed E-state index contributed by atoms with van der Waals surface area (Å²) >= 11 is 0. The van der Waals surface area contributed by atoms with Crippen LogP contribution in [0, 0.1) is 5.92 Å². The van der Waals surface area contributed by atoms with Gasteiger partial charge in [0.15, 0.2) is 9.84 Å². The number of hydrogen-bond donors (Lipinski definition) is 1. The van der Waals surface area contributed by atoms with Crippen molar-refractivity contribution in [3.8, 4) is 0 Å². The topological polar surface area (TPSA) is 114 Å². The maximum Gasteiger partial charge on any atom is 0.490 e. The lowest BCUT2D eigenvalue weighted by atomic mass is 9.83. The summed E-state index contributed by atoms with van der Waals surface area (Å²) < 4.78 is 61.9. The van der Waals surface area contributed by atoms with E-state index in [9.17, 15) is 26.4 Å². The minimum Gasteiger partial charge on any atom is -0.475 e. The molecule has 1 aromatic rings. The highest BCUT2D eigenvalue weighted by atomic mass is 32.2. The number of nitrogens with zero attached hydrogens (tertiary/aromatic N) is 2. The van der Waals surface area contributed by atoms with E-state index in [1.54, 1.807) is 11.1 Å². The smallest absolute Gasteiger partial charge is 0.475 e. The number of aliphatic carboxylic acids is 1. The maximum absolute atomic E-state index is 12.6. The normalized spacial score (nSPS) is 20.9. The van der Waals surface area contributed by atoms with Gasteiger partial charge in [0.2, 0.25) is 5.91 Å². The molecule has 8 nitrogen and oxygen atoms in total. The van der Waals surface area contributed by atoms with Crippen LogP contribution in [-0.2, 0) is 30.8 Å². The van der Waals surface area contributed by atoms with Gasteiger partial charge in [-0.05, 0) is 25.0 Å². The van der Waals surface area contributed by atoms with Crippen molar-refractivity contribution in [2.24, 2.45) is 5.92 Å². The van der Waals surface area contributed by atoms with Crippen molar-refractivity contribution in [3.63, 3.8) is 0 Å². The number of amides is 1. The van der Waals surface area contributed by atoms with Crippen molar-refractivity contribution in [3.05, 3.63) is 30.1 Å². The average molecular weight is 481 g/mol. The zero-order chi connectivity index (χ0) is 24.0. The van der Waals surface area contributed by atoms with Crippen LogP contribution in [0.25, 0.3) is 0 Å². The molecule has 1 amide bonds. The second-order valence-corrected chi connectivity index (χ2v) is 10.3. The Bertz CT molecular complexity index is 886. The molecule has 2 aliphatic rings. The summed E-state index contributed by atoms with van der Waals surface area (Å²) in [4.78, 5) is 26.9. The number of carbonyl (C=O) groups is 2. The predicted molar refractivity (Wildman–Crippen MR) is 108 cm³/mol. The predicted octanol–water partition coefficient (Wildman–Crippen LogP) is 2.44. The highest BCUT2D eigenvalue weighted by molar-refractivity contribution is 7.93. The lowest BCUT2D eigenvalue weighted by Gasteiger charge is -2.50. The van der Waals surface area contributed by atoms with Crippen molar-refractivity contribution in [1.82, 2.24) is 9.88 Å². The van der Waals surface area contributed by atoms with Crippen LogP contribution in [0.5, 0.6) is 0 Å². The van der Waals surface area contributed by atoms with Gasteiger partial charge in [-0.3, -0.25) is 9.78 Å². The quantitative estimate of drug-likeness (QED) is 0.638. The number of halogens is 3. The Labute approximate surface area is 184 Å². The van der Waals surface area contributed by atoms with Gasteiger partial charge in [-0.25, -0.2) is 13.2 Å². The summed E-state index contributed by atoms with van der Waals surface area (Å²) in [6.07, 6.45) is -0.431. The molecule has 180 valence electrons. The van der Waals surface area contributed by atoms with Crippen LogP contribution in [0.15, 0.2) is 24.4 Å². The molecule has 1 unspecified atom stereocenters. The molecular weight excluding hydrogens is 453 g/mol. The summed E-state index contributed by atoms with van der Waals surface area (Å²) in [7, 11) is -3.17. The molecule has 0 aromatic carbocycles. The van der Waals surface area contributed by atoms with Crippen molar-refractivity contribution >= 4 is 21.7 Å². The number of carboxylic acids is 1. The largest absolute Gasteiger partial charge is 0.490 e. The van der Waals surface area contributed by atoms with E-state index >= 15 is 0 Å². The zero-order valence-corrected chi connectivity index (χ0v) is 18.5. The fraction of sp³-hybridized carbons (Fsp3) is 0.650. The Morgan fingerprint density at radius 2 is 1.97 bits per heavy atom. The second kappa shape index (κ2) is 10.6. The molecule has 12 heteroatoms. The summed E-state index contributed by atoms with van der Waals surface area (Å²) in [5.41, 5.74) is 0.836. The molecule has 2 aliphatic heterocycles. The molecule has 3 rings (SSSR count). The molecule has 1 atom stereocenters. The average Bonchev–Trinajstić information content (AvgIpc) is 2.96. The molecule has 1 N–H and O–H groups in total. The Kier molecular flexibility index (Phi) is 8.63. The molecule has 2 saturated heterocycles. The fourth-order valence-corrected chi connectivity index (χ4v) is 6.16. The van der Waals surface area contributed by atoms with E-state index < -0.39 is 26.7 Å². The Morgan fingerprint density at radius 3 is 2.50 bits per heavy atom. The molecule has 3 heterocycles. The van der Waals surface area contributed by atoms with Crippen molar-refractivity contribution in [2.75, 3.05) is 25.4 Å². The van der Waals surface area contributed by atoms with Gasteiger partial charge >= 0.3 is 12.1 Å². The van der Waals surface area contributed by atoms with Gasteiger partial charge in [-0.1, -0.05) is 19.4 Å². The van der Waals surface area contributed by atoms with Crippen LogP contribution in [0.1, 0.15) is 38.3 Å². The van der Waals surface area contributed by atoms with Crippen molar-refractivity contribution < 1.29 is 41.0 Å². The summed E-state index contributed by atoms with van der Waals surface area (Å²) in [5.74, 6) is -2.53. The highest BCUT2D eigenvalue weighted by Crippen LogP contribution is 2.45. The first kappa shape index (κ1) is 26.0. The fourth-order valence-electron chi connectivity index (χ4n) is 3.76. The van der Waals surface area contributed by atoms with Crippen LogP contribution < -0.4 is 0 Å². The van der Waals surface area contributed by atoms with Gasteiger partial charge < -0.3 is 14.7 Å². The molecule has 0 bridgehead atoms. The monoisotopic (exact) mass is 480 g/mol. The van der Waals surface area contributed by atoms with E-state index in [-0.39, 0.29) is 17.6 Å². The van der Waals surface area contributed by atoms with Crippen molar-refractivity contribution in [1.29, 1.82) is 0 Å². The maximum atomic E-state index is 12.6. The molecule has 32 heavy (non-hydrogen) atoms. The van der Waals surface area contributed by atoms with E-state index in [0.717, 1.165) is 18.5 Å². The number of rotatable bonds is 7. The number of hydrogen-bond acceptors (Lipinski definition) is 6. The minimum absolute atomic E-state index is 0.0450. The molecule has 0 aliphatic carbocycles. The van der Waals surface area contributed by atoms with E-state index in [1.807, 2.05) is 25.1 Å². The van der Waals surface area contributed by atoms with Gasteiger partial charge in [-0.15, -0.1) is 0 Å². The third kappa shape index (κ3) is 6.18. The Morgan fingerprint density at radius 1 is 1.31 bits per heavy atom. The number of sulfone groups is 1. The first-order valence-corrected chi connectivity index (χ1v) is 11.9. The second-order valence-electron chi connectivity index (χ2n) is 7.86. The van der Waals surface area contributed by atoms with Crippen molar-refractivity contribution in [2.45, 2.75) is 50.1 Å². The number of unbranched alkanes of at least 4 members (excludes halogenated alkanes) is 1. The third-order valence-electron chi connectivity index (χ3n) is 5.65. The van der Waals surface area contributed by atoms with Crippen LogP contribution in [0.4, 0.5) is 13.2 Å². The Hall–Kier alpha value is -2.21. The van der Waals surface area contributed by atoms with Gasteiger partial charge in [0.25, 0.3) is 0 Å². The third-order valence-corrected chi connectivity index (χ3v) is 8.25. The number of carbonyl (C=O) groups excluding carboxylic acids is 1. The van der Waals surface area contributed by atoms with Crippen LogP contribution >= 0.6 is 0 Å². The molecule has 1 aromatic heterocycles. The minimum atomic E-state index is -5.08. The van der Waals surface area contributed by atoms with Crippen LogP contribution in [0.2, 0.25) is 0 Å². The number of pyridine rings is 1. The van der Waals surface area contributed by atoms with Crippen LogP contribution in [-0.4, -0.2) is 71.7 Å². The lowest BCUT2D eigenvalue weighted by Crippen LogP contribution is -2.68. The van der Waals surface area contributed by atoms with Gasteiger partial charge in [0, 0.05) is 31.6 Å². The number of carboxylic acid groups (broad SMARTS) is 1. The first-order chi connectivity index (χ1) is 14.9. The van der Waals surface area contributed by atoms with Crippen LogP contribution in [0.3, 0.4) is 0 Å². The number of ether oxygens (including phenoxy) is 1. The summed E-state index contributed by atoms with van der Waals surface area (Å²) in [6.45, 7) is 3.48. The molecule has 0 saturated carbocycles. The van der Waals surface area contributed by atoms with E-state index in [1.165, 1.54) is 0 Å². The standard InChI is InChI=1S/C18H26N2O4S.C2HF3O2/c1-2-3-7-17(21)20-13-18(14-20)15(8-10-25(18,22)23)11-24-12-16-6-4-5-9-19-16;3-2(4,5)1(6)7/h4-6,9,15H,2-3,7-8,10-14H2,1H3;(H,6,7). The molecule has 0 radical (unpaired) electrons. The molecule has 2 fully saturated rings. The number of likely N-dealkylation sites (tertiary alicyclic amines) is 1. The molecular formula is C20H27F3N2O6S. The summed E-state index contributed by atoms with van der Waals surface area (Å²) in [5, 5.41) is 7.12. The first-order valence-electron chi connectivity index (χ1n) is 10.2. The van der Waals surface area contributed by atoms with Gasteiger partial charge in [-0.2, -0.15) is 13.2 Å². The summed E-state index contributed by atoms with van der Waals surface area (Å²) in [6, 6.07) is 5.64. The highest BCUT2D eigenvalue weighted by Gasteiger charge is 2.62. The van der Waals surface area contributed by atoms with E-state index in [4.69, 9.17) is 14.6 Å².